The van der Waals surface area contributed by atoms with Crippen LogP contribution in [0.15, 0.2) is 164 Å². The maximum Gasteiger partial charge on any atom is 0.305 e. The Hall–Kier alpha value is -13.9. The summed E-state index contributed by atoms with van der Waals surface area (Å²) in [4.78, 5) is 244. The quantitative estimate of drug-likeness (QED) is 0.0413. The molecule has 131 heavy (non-hydrogen) atoms. The van der Waals surface area contributed by atoms with Crippen LogP contribution in [0.2, 0.25) is 0 Å². The van der Waals surface area contributed by atoms with Crippen LogP contribution < -0.4 is 58.3 Å². The van der Waals surface area contributed by atoms with Crippen LogP contribution >= 0.6 is 11.8 Å². The fourth-order valence-electron chi connectivity index (χ4n) is 15.1. The molecular weight excluding hydrogens is 1710 g/mol. The minimum atomic E-state index is -1.91. The fraction of sp³-hybridized carbons (Fsp3) is 0.426. The molecule has 0 unspecified atom stereocenters. The van der Waals surface area contributed by atoms with E-state index in [2.05, 4.69) is 52.8 Å². The molecule has 37 heteroatoms. The van der Waals surface area contributed by atoms with Crippen LogP contribution in [-0.2, 0) is 115 Å². The number of likely N-dealkylation sites (N-methyl/N-ethyl adjacent to an activating group) is 5. The number of benzene rings is 6. The second kappa shape index (κ2) is 49.6. The van der Waals surface area contributed by atoms with Crippen molar-refractivity contribution in [1.29, 1.82) is 0 Å². The SMILES string of the molecule is CCCC[C@H]1C(=O)N(C)CC(=O)N[C@@H](CC(=O)O)C(=O)N[C@@H](C(C)C)C(=O)N(C)[C@@H](Cc2ccccc2)C(=O)N[C@@H](Cc2ccc(O)cc2)C(=O)N(C)CC(=O)N[C@@H](Cc2c[nH]c3ccccc23)C(=O)N[C@@H](Cc2ccc(O)cc2)C(=O)N[C@@H](CC(C)C)C(=O)N[C@H](C(=O)NCC(N)=O)CSCC(=O)N[C@@H](Cc2cccc(OC)c2)C(=O)N(C)[C@@H](Cc2ccccc2)C(=O)N1C. The molecule has 0 bridgehead atoms. The highest BCUT2D eigenvalue weighted by atomic mass is 32.2. The lowest BCUT2D eigenvalue weighted by molar-refractivity contribution is -0.151. The van der Waals surface area contributed by atoms with Gasteiger partial charge in [-0.3, -0.25) is 76.7 Å². The zero-order valence-corrected chi connectivity index (χ0v) is 76.2. The largest absolute Gasteiger partial charge is 0.508 e. The third-order valence-electron chi connectivity index (χ3n) is 22.4. The number of carbonyl (C=O) groups is 16. The molecule has 1 saturated heterocycles. The van der Waals surface area contributed by atoms with Crippen molar-refractivity contribution in [1.82, 2.24) is 77.3 Å². The Morgan fingerprint density at radius 3 is 1.54 bits per heavy atom. The van der Waals surface area contributed by atoms with Crippen molar-refractivity contribution in [3.63, 3.8) is 0 Å². The van der Waals surface area contributed by atoms with Gasteiger partial charge in [-0.2, -0.15) is 0 Å². The number of rotatable bonds is 24. The Labute approximate surface area is 764 Å². The van der Waals surface area contributed by atoms with E-state index in [0.717, 1.165) is 36.3 Å². The molecule has 8 rings (SSSR count). The summed E-state index contributed by atoms with van der Waals surface area (Å²) in [6.45, 7) is 6.14. The van der Waals surface area contributed by atoms with Crippen molar-refractivity contribution in [3.05, 3.63) is 197 Å². The Bertz CT molecular complexity index is 5160. The van der Waals surface area contributed by atoms with Crippen molar-refractivity contribution in [2.75, 3.05) is 73.5 Å². The number of methoxy groups -OCH3 is 1. The van der Waals surface area contributed by atoms with Crippen molar-refractivity contribution in [3.8, 4) is 17.2 Å². The molecular formula is C94H120N16O20S. The van der Waals surface area contributed by atoms with Crippen LogP contribution in [0, 0.1) is 11.8 Å². The van der Waals surface area contributed by atoms with Crippen LogP contribution in [-0.4, -0.2) is 279 Å². The number of phenolic OH excluding ortho intramolecular Hbond substituents is 2. The van der Waals surface area contributed by atoms with E-state index in [0.29, 0.717) is 62.9 Å². The molecule has 7 aromatic rings. The van der Waals surface area contributed by atoms with Crippen LogP contribution in [0.5, 0.6) is 17.2 Å². The number of primary amides is 1. The number of thioether (sulfide) groups is 1. The summed E-state index contributed by atoms with van der Waals surface area (Å²) in [6.07, 6.45) is -0.0643. The van der Waals surface area contributed by atoms with E-state index in [1.165, 1.54) is 90.9 Å². The first-order valence-corrected chi connectivity index (χ1v) is 44.3. The molecule has 36 nitrogen and oxygen atoms in total. The molecule has 0 radical (unpaired) electrons. The number of H-pyrrole nitrogens is 1. The number of hydrogen-bond donors (Lipinski definition) is 14. The van der Waals surface area contributed by atoms with Gasteiger partial charge in [0.15, 0.2) is 0 Å². The highest BCUT2D eigenvalue weighted by Crippen LogP contribution is 2.25. The molecule has 6 aromatic carbocycles. The normalized spacial score (nSPS) is 21.7. The Kier molecular flexibility index (Phi) is 38.8. The number of aliphatic carboxylic acids is 1. The molecule has 0 spiro atoms. The number of carbonyl (C=O) groups excluding carboxylic acids is 15. The molecule has 0 aliphatic carbocycles. The first kappa shape index (κ1) is 103. The number of amides is 15. The van der Waals surface area contributed by atoms with E-state index in [1.54, 1.807) is 143 Å². The number of para-hydroxylation sites is 1. The smallest absolute Gasteiger partial charge is 0.305 e. The maximum atomic E-state index is 15.6. The highest BCUT2D eigenvalue weighted by molar-refractivity contribution is 8.00. The number of carboxylic acids is 1. The van der Waals surface area contributed by atoms with Crippen LogP contribution in [0.3, 0.4) is 0 Å². The van der Waals surface area contributed by atoms with E-state index < -0.39 is 205 Å². The zero-order chi connectivity index (χ0) is 95.9. The number of phenols is 2. The van der Waals surface area contributed by atoms with E-state index in [9.17, 15) is 48.9 Å². The first-order chi connectivity index (χ1) is 62.3. The van der Waals surface area contributed by atoms with E-state index >= 15 is 43.2 Å². The summed E-state index contributed by atoms with van der Waals surface area (Å²) in [6, 6.07) is 25.0. The Morgan fingerprint density at radius 2 is 0.969 bits per heavy atom. The van der Waals surface area contributed by atoms with E-state index in [1.807, 2.05) is 6.92 Å². The van der Waals surface area contributed by atoms with Gasteiger partial charge in [0, 0.05) is 96.6 Å². The summed E-state index contributed by atoms with van der Waals surface area (Å²) in [5.74, 6) is -17.3. The summed E-state index contributed by atoms with van der Waals surface area (Å²) in [7, 11) is 7.94. The number of fused-ring (bicyclic) bond motifs is 1. The number of aromatic hydroxyl groups is 2. The molecule has 1 aromatic heterocycles. The fourth-order valence-corrected chi connectivity index (χ4v) is 16.0. The van der Waals surface area contributed by atoms with Gasteiger partial charge in [-0.25, -0.2) is 0 Å². The minimum absolute atomic E-state index is 0.0178. The van der Waals surface area contributed by atoms with E-state index in [4.69, 9.17) is 10.5 Å². The molecule has 0 saturated carbocycles. The van der Waals surface area contributed by atoms with Crippen molar-refractivity contribution in [2.24, 2.45) is 17.6 Å². The lowest BCUT2D eigenvalue weighted by atomic mass is 9.98. The second-order valence-corrected chi connectivity index (χ2v) is 34.5. The van der Waals surface area contributed by atoms with Gasteiger partial charge < -0.3 is 103 Å². The van der Waals surface area contributed by atoms with Gasteiger partial charge in [-0.1, -0.05) is 163 Å². The number of unbranched alkanes of at least 4 members (excludes halogenated alkanes) is 1. The maximum absolute atomic E-state index is 15.6. The van der Waals surface area contributed by atoms with Crippen molar-refractivity contribution in [2.45, 2.75) is 172 Å². The lowest BCUT2D eigenvalue weighted by Gasteiger charge is -2.37. The topological polar surface area (TPSA) is 509 Å². The highest BCUT2D eigenvalue weighted by Gasteiger charge is 2.42. The molecule has 702 valence electrons. The third kappa shape index (κ3) is 30.9. The van der Waals surface area contributed by atoms with Gasteiger partial charge >= 0.3 is 5.97 Å². The number of aromatic amines is 1. The summed E-state index contributed by atoms with van der Waals surface area (Å²) >= 11 is 0.815. The molecule has 1 aliphatic rings. The third-order valence-corrected chi connectivity index (χ3v) is 23.4. The molecule has 2 heterocycles. The zero-order valence-electron chi connectivity index (χ0n) is 75.4. The number of carboxylic acid groups (broad SMARTS) is 1. The number of aromatic nitrogens is 1. The van der Waals surface area contributed by atoms with Gasteiger partial charge in [0.1, 0.15) is 83.7 Å². The molecule has 1 aliphatic heterocycles. The van der Waals surface area contributed by atoms with Gasteiger partial charge in [-0.05, 0) is 101 Å². The van der Waals surface area contributed by atoms with Gasteiger partial charge in [0.2, 0.25) is 88.6 Å². The van der Waals surface area contributed by atoms with Crippen molar-refractivity contribution >= 4 is 117 Å². The molecule has 1 fully saturated rings. The molecule has 15 N–H and O–H groups in total. The summed E-state index contributed by atoms with van der Waals surface area (Å²) in [5.41, 5.74) is 9.00. The van der Waals surface area contributed by atoms with E-state index in [-0.39, 0.29) is 68.8 Å². The minimum Gasteiger partial charge on any atom is -0.508 e. The Balaban J connectivity index is 1.22. The predicted octanol–water partition coefficient (Wildman–Crippen LogP) is 2.34. The van der Waals surface area contributed by atoms with Crippen LogP contribution in [0.1, 0.15) is 100 Å². The average molecular weight is 1830 g/mol. The Morgan fingerprint density at radius 1 is 0.489 bits per heavy atom. The molecule has 11 atom stereocenters. The number of nitrogens with zero attached hydrogens (tertiary/aromatic N) is 5. The first-order valence-electron chi connectivity index (χ1n) is 43.2. The number of nitrogens with one attached hydrogen (secondary N) is 10. The number of nitrogens with two attached hydrogens (primary N) is 1. The molecule has 15 amide bonds. The van der Waals surface area contributed by atoms with Crippen LogP contribution in [0.25, 0.3) is 10.9 Å². The van der Waals surface area contributed by atoms with Gasteiger partial charge in [0.05, 0.1) is 38.9 Å². The standard InChI is InChI=1S/C94H120N16O20S/c1-12-13-31-75-92(127)107(7)52-80(115)99-71(48-82(117)118)88(123)105-83(56(4)5)94(129)109(9)76(45-57-23-16-14-17-24-57)89(124)103-72(43-60-34-38-64(112)39-35-60)90(125)106(6)51-79(114)98-70(47-62-49-96-67-30-21-20-29-66(62)67)87(122)102-69(42-59-32-36-63(111)37-33-59)86(121)101-68(40-55(2)3)85(120)104-74(84(119)97-50-78(95)113)53-131-54-81(116)100-73(44-61-27-22-28-65(41-61)130-11)91(126)110(10)77(93(128)108(75)8)46-58-25-18-15-19-26-58/h14-30,32-39,41,49,55-56,68-77,83,96,111-112H,12-13,31,40,42-48,50-54H2,1-11H3,(H2,95,113)(H,97,119)(H,98,114)(H,99,115)(H,100,116)(H,101,121)(H,102,122)(H,103,124)(H,104,120)(H,105,123)(H,117,118)/t68-,69-,70-,71-,72-,73-,74-,75-,76-,77-,83-/m0/s1. The van der Waals surface area contributed by atoms with Gasteiger partial charge in [0.25, 0.3) is 0 Å². The number of hydrogen-bond acceptors (Lipinski definition) is 20. The lowest BCUT2D eigenvalue weighted by Crippen LogP contribution is -2.61. The summed E-state index contributed by atoms with van der Waals surface area (Å²) < 4.78 is 5.52. The number of ether oxygens (including phenoxy) is 1. The summed E-state index contributed by atoms with van der Waals surface area (Å²) in [5, 5.41) is 55.6. The average Bonchev–Trinajstić information content (AvgIpc) is 1.35. The van der Waals surface area contributed by atoms with Gasteiger partial charge in [-0.15, -0.1) is 11.8 Å². The second-order valence-electron chi connectivity index (χ2n) is 33.4. The predicted molar refractivity (Wildman–Crippen MR) is 489 cm³/mol. The van der Waals surface area contributed by atoms with Crippen LogP contribution in [0.4, 0.5) is 0 Å². The van der Waals surface area contributed by atoms with Crippen molar-refractivity contribution < 1.29 is 96.8 Å². The monoisotopic (exact) mass is 1820 g/mol.